The summed E-state index contributed by atoms with van der Waals surface area (Å²) in [5.74, 6) is 0. The molecule has 0 amide bonds. The first-order valence-electron chi connectivity index (χ1n) is 11.4. The van der Waals surface area contributed by atoms with E-state index in [-0.39, 0.29) is 58.3 Å². The minimum atomic E-state index is -0.851. The molecule has 0 unspecified atom stereocenters. The second-order valence-electron chi connectivity index (χ2n) is 8.14. The van der Waals surface area contributed by atoms with Crippen LogP contribution in [0, 0.1) is 0 Å². The minimum absolute atomic E-state index is 0. The van der Waals surface area contributed by atoms with Crippen molar-refractivity contribution in [2.75, 3.05) is 0 Å². The van der Waals surface area contributed by atoms with E-state index >= 15 is 0 Å². The molecule has 0 bridgehead atoms. The molecule has 0 N–H and O–H groups in total. The van der Waals surface area contributed by atoms with Gasteiger partial charge in [-0.3, -0.25) is 0 Å². The first kappa shape index (κ1) is 31.5. The van der Waals surface area contributed by atoms with Gasteiger partial charge in [-0.2, -0.15) is 0 Å². The normalized spacial score (nSPS) is 10.3. The minimum Gasteiger partial charge on any atom is -2.00 e. The number of hydrogen-bond acceptors (Lipinski definition) is 1. The molecule has 36 heavy (non-hydrogen) atoms. The molecular formula is C30H28Au2P2S2+2. The second kappa shape index (κ2) is 16.3. The van der Waals surface area contributed by atoms with E-state index in [1.807, 2.05) is 11.3 Å². The van der Waals surface area contributed by atoms with Gasteiger partial charge in [-0.25, -0.2) is 0 Å². The van der Waals surface area contributed by atoms with Crippen molar-refractivity contribution < 1.29 is 44.8 Å². The van der Waals surface area contributed by atoms with Crippen LogP contribution in [-0.2, 0) is 70.6 Å². The van der Waals surface area contributed by atoms with Gasteiger partial charge in [0.05, 0.1) is 37.1 Å². The van der Waals surface area contributed by atoms with E-state index in [0.717, 1.165) is 12.3 Å². The zero-order valence-electron chi connectivity index (χ0n) is 19.5. The quantitative estimate of drug-likeness (QED) is 0.124. The van der Waals surface area contributed by atoms with Gasteiger partial charge in [0.2, 0.25) is 0 Å². The number of hydrogen-bond donors (Lipinski definition) is 0. The molecule has 0 radical (unpaired) electrons. The van der Waals surface area contributed by atoms with Gasteiger partial charge in [0.25, 0.3) is 0 Å². The predicted octanol–water partition coefficient (Wildman–Crippen LogP) is 6.47. The van der Waals surface area contributed by atoms with Gasteiger partial charge in [0, 0.05) is 9.75 Å². The molecule has 0 saturated carbocycles. The van der Waals surface area contributed by atoms with Crippen LogP contribution in [0.2, 0.25) is 0 Å². The molecular weight excluding hydrogens is 880 g/mol. The first-order chi connectivity index (χ1) is 16.4. The van der Waals surface area contributed by atoms with Crippen LogP contribution >= 0.6 is 27.2 Å². The largest absolute Gasteiger partial charge is 2.00 e. The van der Waals surface area contributed by atoms with Crippen LogP contribution in [0.1, 0.15) is 9.75 Å². The average Bonchev–Trinajstić information content (AvgIpc) is 3.35. The SMILES string of the molecule is [Au+].[Au+].[S-2].c1ccc([PH+](Cc2ccc(C[PH+](c3ccccc3)c3ccccc3)s2)c2ccccc2)cc1. The van der Waals surface area contributed by atoms with Crippen LogP contribution in [-0.4, -0.2) is 0 Å². The molecule has 4 aromatic carbocycles. The summed E-state index contributed by atoms with van der Waals surface area (Å²) in [6.45, 7) is 0. The van der Waals surface area contributed by atoms with Crippen LogP contribution in [0.25, 0.3) is 0 Å². The van der Waals surface area contributed by atoms with Crippen LogP contribution < -0.4 is 21.2 Å². The maximum atomic E-state index is 2.38. The Bertz CT molecular complexity index is 1090. The predicted molar refractivity (Wildman–Crippen MR) is 160 cm³/mol. The Morgan fingerprint density at radius 2 is 0.639 bits per heavy atom. The number of rotatable bonds is 8. The second-order valence-corrected chi connectivity index (χ2v) is 14.3. The standard InChI is InChI=1S/C30H26P2S.2Au.S/c1-5-13-25(14-6-1)31(26-15-7-2-8-16-26)23-29-21-22-30(33-29)24-32(27-17-9-3-10-18-27)28-19-11-4-12-20-28;;;/h1-22H,23-24H2;;;/q;2*+1;-2/p+2. The van der Waals surface area contributed by atoms with Crippen LogP contribution in [0.15, 0.2) is 133 Å². The summed E-state index contributed by atoms with van der Waals surface area (Å²) in [7, 11) is -1.70. The van der Waals surface area contributed by atoms with Crippen molar-refractivity contribution in [1.29, 1.82) is 0 Å². The molecule has 0 aliphatic rings. The van der Waals surface area contributed by atoms with Gasteiger partial charge in [-0.15, -0.1) is 11.3 Å². The summed E-state index contributed by atoms with van der Waals surface area (Å²) in [6.07, 6.45) is 2.28. The van der Waals surface area contributed by atoms with E-state index in [1.165, 1.54) is 31.0 Å². The fourth-order valence-electron chi connectivity index (χ4n) is 4.26. The van der Waals surface area contributed by atoms with Crippen LogP contribution in [0.5, 0.6) is 0 Å². The Morgan fingerprint density at radius 1 is 0.389 bits per heavy atom. The summed E-state index contributed by atoms with van der Waals surface area (Å²) in [5.41, 5.74) is 0. The van der Waals surface area contributed by atoms with E-state index < -0.39 is 15.8 Å². The van der Waals surface area contributed by atoms with Gasteiger partial charge >= 0.3 is 44.8 Å². The van der Waals surface area contributed by atoms with Crippen molar-refractivity contribution in [3.63, 3.8) is 0 Å². The molecule has 0 atom stereocenters. The Morgan fingerprint density at radius 3 is 0.889 bits per heavy atom. The fraction of sp³-hybridized carbons (Fsp3) is 0.0667. The third-order valence-corrected chi connectivity index (χ3v) is 13.1. The van der Waals surface area contributed by atoms with E-state index in [2.05, 4.69) is 133 Å². The van der Waals surface area contributed by atoms with Crippen molar-refractivity contribution in [2.24, 2.45) is 0 Å². The van der Waals surface area contributed by atoms with Gasteiger partial charge in [-0.1, -0.05) is 72.8 Å². The third kappa shape index (κ3) is 8.39. The average molecular weight is 909 g/mol. The number of thiophene rings is 1. The topological polar surface area (TPSA) is 0 Å². The summed E-state index contributed by atoms with van der Waals surface area (Å²) in [4.78, 5) is 3.02. The Balaban J connectivity index is 0.00000152. The van der Waals surface area contributed by atoms with Crippen molar-refractivity contribution >= 4 is 61.9 Å². The summed E-state index contributed by atoms with van der Waals surface area (Å²) in [6, 6.07) is 49.1. The van der Waals surface area contributed by atoms with Gasteiger partial charge in [0.1, 0.15) is 12.3 Å². The maximum Gasteiger partial charge on any atom is 1.00 e. The molecule has 1 aromatic heterocycles. The summed E-state index contributed by atoms with van der Waals surface area (Å²) >= 11 is 2.02. The molecule has 0 spiro atoms. The molecule has 5 aromatic rings. The molecule has 0 fully saturated rings. The van der Waals surface area contributed by atoms with Crippen molar-refractivity contribution in [3.05, 3.63) is 143 Å². The summed E-state index contributed by atoms with van der Waals surface area (Å²) in [5, 5.41) is 5.95. The third-order valence-electron chi connectivity index (χ3n) is 5.91. The van der Waals surface area contributed by atoms with Crippen LogP contribution in [0.3, 0.4) is 0 Å². The molecule has 0 saturated heterocycles. The van der Waals surface area contributed by atoms with Gasteiger partial charge in [-0.05, 0) is 60.7 Å². The smallest absolute Gasteiger partial charge is 1.00 e. The zero-order chi connectivity index (χ0) is 22.3. The number of benzene rings is 4. The first-order valence-corrected chi connectivity index (χ1v) is 15.6. The molecule has 0 nitrogen and oxygen atoms in total. The van der Waals surface area contributed by atoms with Crippen molar-refractivity contribution in [2.45, 2.75) is 12.3 Å². The van der Waals surface area contributed by atoms with Crippen LogP contribution in [0.4, 0.5) is 0 Å². The van der Waals surface area contributed by atoms with E-state index in [1.54, 1.807) is 0 Å². The molecule has 6 heteroatoms. The van der Waals surface area contributed by atoms with Gasteiger partial charge in [0.15, 0.2) is 0 Å². The fourth-order valence-corrected chi connectivity index (χ4v) is 11.1. The Labute approximate surface area is 259 Å². The van der Waals surface area contributed by atoms with Crippen molar-refractivity contribution in [1.82, 2.24) is 0 Å². The monoisotopic (exact) mass is 908 g/mol. The van der Waals surface area contributed by atoms with Gasteiger partial charge < -0.3 is 13.5 Å². The van der Waals surface area contributed by atoms with E-state index in [4.69, 9.17) is 0 Å². The molecule has 0 aliphatic carbocycles. The zero-order valence-corrected chi connectivity index (χ0v) is 27.5. The maximum absolute atomic E-state index is 2.38. The Kier molecular flexibility index (Phi) is 14.2. The van der Waals surface area contributed by atoms with E-state index in [9.17, 15) is 0 Å². The Hall–Kier alpha value is -0.729. The van der Waals surface area contributed by atoms with E-state index in [0.29, 0.717) is 0 Å². The molecule has 190 valence electrons. The van der Waals surface area contributed by atoms with Crippen molar-refractivity contribution in [3.8, 4) is 0 Å². The molecule has 0 aliphatic heterocycles. The summed E-state index contributed by atoms with van der Waals surface area (Å²) < 4.78 is 0. The molecule has 5 rings (SSSR count). The molecule has 1 heterocycles.